The van der Waals surface area contributed by atoms with E-state index in [1.807, 2.05) is 24.3 Å². The number of nitrogens with two attached hydrogens (primary N) is 1. The van der Waals surface area contributed by atoms with Gasteiger partial charge in [-0.2, -0.15) is 0 Å². The van der Waals surface area contributed by atoms with Crippen molar-refractivity contribution in [2.75, 3.05) is 26.2 Å². The summed E-state index contributed by atoms with van der Waals surface area (Å²) < 4.78 is 11.6. The van der Waals surface area contributed by atoms with Gasteiger partial charge >= 0.3 is 0 Å². The Morgan fingerprint density at radius 2 is 2.00 bits per heavy atom. The highest BCUT2D eigenvalue weighted by molar-refractivity contribution is 7.80. The van der Waals surface area contributed by atoms with E-state index in [1.54, 1.807) is 0 Å². The zero-order valence-electron chi connectivity index (χ0n) is 12.7. The number of morpholine rings is 1. The molecule has 5 heteroatoms. The lowest BCUT2D eigenvalue weighted by Crippen LogP contribution is -2.45. The smallest absolute Gasteiger partial charge is 0.129 e. The monoisotopic (exact) mass is 308 g/mol. The topological polar surface area (TPSA) is 47.7 Å². The van der Waals surface area contributed by atoms with Gasteiger partial charge in [0.05, 0.1) is 24.4 Å². The van der Waals surface area contributed by atoms with Gasteiger partial charge in [0.15, 0.2) is 0 Å². The molecule has 4 nitrogen and oxygen atoms in total. The molecule has 0 aliphatic carbocycles. The molecule has 1 heterocycles. The largest absolute Gasteiger partial charge is 0.493 e. The Morgan fingerprint density at radius 1 is 1.33 bits per heavy atom. The summed E-state index contributed by atoms with van der Waals surface area (Å²) in [4.78, 5) is 2.81. The first-order valence-corrected chi connectivity index (χ1v) is 7.86. The Labute approximate surface area is 132 Å². The second kappa shape index (κ2) is 7.73. The van der Waals surface area contributed by atoms with Crippen LogP contribution in [0.4, 0.5) is 0 Å². The first kappa shape index (κ1) is 16.2. The minimum absolute atomic E-state index is 0.310. The molecule has 0 unspecified atom stereocenters. The van der Waals surface area contributed by atoms with E-state index in [9.17, 15) is 0 Å². The van der Waals surface area contributed by atoms with Crippen LogP contribution in [0.3, 0.4) is 0 Å². The van der Waals surface area contributed by atoms with Crippen molar-refractivity contribution >= 4 is 17.2 Å². The van der Waals surface area contributed by atoms with Gasteiger partial charge in [0.2, 0.25) is 0 Å². The number of thiocarbonyl (C=S) groups is 1. The third-order valence-corrected chi connectivity index (χ3v) is 3.74. The van der Waals surface area contributed by atoms with Gasteiger partial charge in [0, 0.05) is 19.6 Å². The molecule has 116 valence electrons. The minimum Gasteiger partial charge on any atom is -0.493 e. The maximum Gasteiger partial charge on any atom is 0.129 e. The molecule has 2 atom stereocenters. The molecule has 0 radical (unpaired) electrons. The second-order valence-corrected chi connectivity index (χ2v) is 6.02. The first-order chi connectivity index (χ1) is 10.1. The molecule has 0 amide bonds. The fraction of sp³-hybridized carbons (Fsp3) is 0.562. The molecule has 21 heavy (non-hydrogen) atoms. The van der Waals surface area contributed by atoms with Crippen LogP contribution in [0.1, 0.15) is 25.8 Å². The second-order valence-electron chi connectivity index (χ2n) is 5.58. The zero-order valence-corrected chi connectivity index (χ0v) is 13.6. The summed E-state index contributed by atoms with van der Waals surface area (Å²) in [6.45, 7) is 7.92. The standard InChI is InChI=1S/C16H24N2O2S/c1-12-10-18(11-13(2)20-12)8-5-9-19-15-7-4-3-6-14(15)16(17)21/h3-4,6-7,12-13H,5,8-11H2,1-2H3,(H2,17,21)/t12-,13+. The first-order valence-electron chi connectivity index (χ1n) is 7.45. The van der Waals surface area contributed by atoms with E-state index in [-0.39, 0.29) is 0 Å². The highest BCUT2D eigenvalue weighted by Gasteiger charge is 2.21. The Morgan fingerprint density at radius 3 is 2.67 bits per heavy atom. The van der Waals surface area contributed by atoms with Crippen LogP contribution in [-0.4, -0.2) is 48.3 Å². The Bertz CT molecular complexity index is 471. The molecule has 1 aliphatic rings. The van der Waals surface area contributed by atoms with Crippen molar-refractivity contribution in [3.63, 3.8) is 0 Å². The van der Waals surface area contributed by atoms with Gasteiger partial charge in [-0.05, 0) is 32.4 Å². The summed E-state index contributed by atoms with van der Waals surface area (Å²) in [7, 11) is 0. The van der Waals surface area contributed by atoms with Gasteiger partial charge in [0.25, 0.3) is 0 Å². The van der Waals surface area contributed by atoms with E-state index in [2.05, 4.69) is 18.7 Å². The molecule has 0 bridgehead atoms. The number of hydrogen-bond donors (Lipinski definition) is 1. The predicted octanol–water partition coefficient (Wildman–Crippen LogP) is 2.20. The molecule has 0 saturated carbocycles. The van der Waals surface area contributed by atoms with Crippen LogP contribution in [0.25, 0.3) is 0 Å². The lowest BCUT2D eigenvalue weighted by Gasteiger charge is -2.35. The van der Waals surface area contributed by atoms with Gasteiger partial charge in [-0.3, -0.25) is 4.90 Å². The van der Waals surface area contributed by atoms with E-state index in [4.69, 9.17) is 27.4 Å². The van der Waals surface area contributed by atoms with Gasteiger partial charge in [0.1, 0.15) is 10.7 Å². The quantitative estimate of drug-likeness (QED) is 0.645. The molecule has 0 aromatic heterocycles. The number of ether oxygens (including phenoxy) is 2. The number of benzene rings is 1. The molecule has 1 fully saturated rings. The van der Waals surface area contributed by atoms with Crippen LogP contribution in [0.5, 0.6) is 5.75 Å². The summed E-state index contributed by atoms with van der Waals surface area (Å²) in [5.41, 5.74) is 6.50. The Balaban J connectivity index is 1.76. The Kier molecular flexibility index (Phi) is 5.96. The SMILES string of the molecule is C[C@@H]1CN(CCCOc2ccccc2C(N)=S)C[C@H](C)O1. The number of para-hydroxylation sites is 1. The van der Waals surface area contributed by atoms with E-state index in [1.165, 1.54) is 0 Å². The summed E-state index contributed by atoms with van der Waals surface area (Å²) >= 11 is 5.03. The number of hydrogen-bond acceptors (Lipinski definition) is 4. The fourth-order valence-electron chi connectivity index (χ4n) is 2.73. The van der Waals surface area contributed by atoms with Crippen molar-refractivity contribution in [2.24, 2.45) is 5.73 Å². The maximum atomic E-state index is 5.82. The molecule has 1 aromatic rings. The maximum absolute atomic E-state index is 5.82. The highest BCUT2D eigenvalue weighted by Crippen LogP contribution is 2.18. The van der Waals surface area contributed by atoms with Crippen LogP contribution in [0, 0.1) is 0 Å². The molecule has 2 N–H and O–H groups in total. The van der Waals surface area contributed by atoms with Crippen molar-refractivity contribution in [2.45, 2.75) is 32.5 Å². The van der Waals surface area contributed by atoms with Crippen molar-refractivity contribution in [1.29, 1.82) is 0 Å². The van der Waals surface area contributed by atoms with Crippen molar-refractivity contribution < 1.29 is 9.47 Å². The van der Waals surface area contributed by atoms with E-state index >= 15 is 0 Å². The van der Waals surface area contributed by atoms with E-state index < -0.39 is 0 Å². The number of rotatable bonds is 6. The van der Waals surface area contributed by atoms with Crippen molar-refractivity contribution in [3.05, 3.63) is 29.8 Å². The highest BCUT2D eigenvalue weighted by atomic mass is 32.1. The number of nitrogens with zero attached hydrogens (tertiary/aromatic N) is 1. The van der Waals surface area contributed by atoms with Gasteiger partial charge in [-0.25, -0.2) is 0 Å². The predicted molar refractivity (Wildman–Crippen MR) is 88.9 cm³/mol. The third kappa shape index (κ3) is 4.95. The van der Waals surface area contributed by atoms with Crippen molar-refractivity contribution in [1.82, 2.24) is 4.90 Å². The van der Waals surface area contributed by atoms with E-state index in [0.29, 0.717) is 23.8 Å². The van der Waals surface area contributed by atoms with Crippen LogP contribution >= 0.6 is 12.2 Å². The lowest BCUT2D eigenvalue weighted by molar-refractivity contribution is -0.0686. The minimum atomic E-state index is 0.310. The summed E-state index contributed by atoms with van der Waals surface area (Å²) in [6, 6.07) is 7.65. The summed E-state index contributed by atoms with van der Waals surface area (Å²) in [5, 5.41) is 0. The fourth-order valence-corrected chi connectivity index (χ4v) is 2.90. The molecular weight excluding hydrogens is 284 g/mol. The van der Waals surface area contributed by atoms with Gasteiger partial charge in [-0.1, -0.05) is 24.4 Å². The lowest BCUT2D eigenvalue weighted by atomic mass is 10.2. The van der Waals surface area contributed by atoms with Crippen LogP contribution in [-0.2, 0) is 4.74 Å². The molecule has 2 rings (SSSR count). The molecule has 1 saturated heterocycles. The third-order valence-electron chi connectivity index (χ3n) is 3.52. The normalized spacial score (nSPS) is 23.0. The van der Waals surface area contributed by atoms with Crippen LogP contribution < -0.4 is 10.5 Å². The van der Waals surface area contributed by atoms with Crippen LogP contribution in [0.2, 0.25) is 0 Å². The molecule has 1 aromatic carbocycles. The average molecular weight is 308 g/mol. The average Bonchev–Trinajstić information content (AvgIpc) is 2.43. The molecular formula is C16H24N2O2S. The Hall–Kier alpha value is -1.17. The zero-order chi connectivity index (χ0) is 15.2. The van der Waals surface area contributed by atoms with Crippen LogP contribution in [0.15, 0.2) is 24.3 Å². The van der Waals surface area contributed by atoms with Crippen molar-refractivity contribution in [3.8, 4) is 5.75 Å². The summed E-state index contributed by atoms with van der Waals surface area (Å²) in [6.07, 6.45) is 1.60. The summed E-state index contributed by atoms with van der Waals surface area (Å²) in [5.74, 6) is 0.772. The molecule has 1 aliphatic heterocycles. The molecule has 0 spiro atoms. The van der Waals surface area contributed by atoms with E-state index in [0.717, 1.165) is 37.4 Å². The van der Waals surface area contributed by atoms with Gasteiger partial charge < -0.3 is 15.2 Å². The van der Waals surface area contributed by atoms with Gasteiger partial charge in [-0.15, -0.1) is 0 Å².